The first-order valence-corrected chi connectivity index (χ1v) is 7.39. The minimum absolute atomic E-state index is 0.279. The van der Waals surface area contributed by atoms with E-state index in [1.165, 1.54) is 10.6 Å². The number of nitrogens with one attached hydrogen (secondary N) is 1. The van der Waals surface area contributed by atoms with Gasteiger partial charge in [0.15, 0.2) is 0 Å². The van der Waals surface area contributed by atoms with Crippen molar-refractivity contribution in [3.8, 4) is 0 Å². The molecule has 0 spiro atoms. The SMILES string of the molecule is CCC(CC)Nc1ccc(SCCCO)cc1. The first-order valence-electron chi connectivity index (χ1n) is 6.40. The van der Waals surface area contributed by atoms with Gasteiger partial charge in [-0.15, -0.1) is 11.8 Å². The molecule has 0 aliphatic rings. The van der Waals surface area contributed by atoms with Crippen molar-refractivity contribution in [1.29, 1.82) is 0 Å². The molecule has 0 heterocycles. The largest absolute Gasteiger partial charge is 0.396 e. The summed E-state index contributed by atoms with van der Waals surface area (Å²) in [5, 5.41) is 12.2. The highest BCUT2D eigenvalue weighted by atomic mass is 32.2. The van der Waals surface area contributed by atoms with Gasteiger partial charge in [-0.1, -0.05) is 13.8 Å². The van der Waals surface area contributed by atoms with Gasteiger partial charge in [0.1, 0.15) is 0 Å². The summed E-state index contributed by atoms with van der Waals surface area (Å²) in [6.07, 6.45) is 3.17. The summed E-state index contributed by atoms with van der Waals surface area (Å²) < 4.78 is 0. The van der Waals surface area contributed by atoms with Gasteiger partial charge >= 0.3 is 0 Å². The number of thioether (sulfide) groups is 1. The molecule has 0 saturated carbocycles. The summed E-state index contributed by atoms with van der Waals surface area (Å²) in [7, 11) is 0. The molecule has 0 amide bonds. The van der Waals surface area contributed by atoms with Crippen LogP contribution in [0.4, 0.5) is 5.69 Å². The molecule has 0 fully saturated rings. The van der Waals surface area contributed by atoms with Gasteiger partial charge < -0.3 is 10.4 Å². The van der Waals surface area contributed by atoms with E-state index in [1.807, 2.05) is 0 Å². The Morgan fingerprint density at radius 3 is 2.35 bits per heavy atom. The smallest absolute Gasteiger partial charge is 0.0439 e. The lowest BCUT2D eigenvalue weighted by atomic mass is 10.1. The molecule has 0 radical (unpaired) electrons. The van der Waals surface area contributed by atoms with Crippen LogP contribution in [0.5, 0.6) is 0 Å². The number of benzene rings is 1. The molecular formula is C14H23NOS. The number of anilines is 1. The zero-order valence-electron chi connectivity index (χ0n) is 10.8. The van der Waals surface area contributed by atoms with Gasteiger partial charge in [0.05, 0.1) is 0 Å². The summed E-state index contributed by atoms with van der Waals surface area (Å²) in [6.45, 7) is 4.70. The standard InChI is InChI=1S/C14H23NOS/c1-3-12(4-2)15-13-6-8-14(9-7-13)17-11-5-10-16/h6-9,12,15-16H,3-5,10-11H2,1-2H3. The normalized spacial score (nSPS) is 10.8. The highest BCUT2D eigenvalue weighted by Crippen LogP contribution is 2.21. The fraction of sp³-hybridized carbons (Fsp3) is 0.571. The van der Waals surface area contributed by atoms with Crippen molar-refractivity contribution < 1.29 is 5.11 Å². The zero-order chi connectivity index (χ0) is 12.5. The number of aliphatic hydroxyl groups excluding tert-OH is 1. The van der Waals surface area contributed by atoms with Gasteiger partial charge in [-0.2, -0.15) is 0 Å². The van der Waals surface area contributed by atoms with Crippen LogP contribution in [0.1, 0.15) is 33.1 Å². The number of hydrogen-bond acceptors (Lipinski definition) is 3. The maximum atomic E-state index is 8.72. The molecule has 17 heavy (non-hydrogen) atoms. The van der Waals surface area contributed by atoms with Crippen LogP contribution >= 0.6 is 11.8 Å². The van der Waals surface area contributed by atoms with Crippen molar-refractivity contribution in [2.24, 2.45) is 0 Å². The van der Waals surface area contributed by atoms with Crippen LogP contribution < -0.4 is 5.32 Å². The van der Waals surface area contributed by atoms with Gasteiger partial charge in [-0.3, -0.25) is 0 Å². The lowest BCUT2D eigenvalue weighted by molar-refractivity contribution is 0.296. The Morgan fingerprint density at radius 2 is 1.82 bits per heavy atom. The van der Waals surface area contributed by atoms with Crippen molar-refractivity contribution >= 4 is 17.4 Å². The average molecular weight is 253 g/mol. The van der Waals surface area contributed by atoms with Gasteiger partial charge in [0.2, 0.25) is 0 Å². The molecule has 1 aromatic rings. The van der Waals surface area contributed by atoms with E-state index in [-0.39, 0.29) is 6.61 Å². The second-order valence-electron chi connectivity index (χ2n) is 4.11. The maximum absolute atomic E-state index is 8.72. The fourth-order valence-corrected chi connectivity index (χ4v) is 2.47. The minimum atomic E-state index is 0.279. The van der Waals surface area contributed by atoms with Crippen LogP contribution in [-0.2, 0) is 0 Å². The van der Waals surface area contributed by atoms with Crippen molar-refractivity contribution in [3.05, 3.63) is 24.3 Å². The van der Waals surface area contributed by atoms with E-state index in [9.17, 15) is 0 Å². The Hall–Kier alpha value is -0.670. The Bertz CT molecular complexity index is 296. The number of hydrogen-bond donors (Lipinski definition) is 2. The average Bonchev–Trinajstić information content (AvgIpc) is 2.38. The molecule has 0 unspecified atom stereocenters. The van der Waals surface area contributed by atoms with E-state index in [4.69, 9.17) is 5.11 Å². The highest BCUT2D eigenvalue weighted by Gasteiger charge is 2.02. The van der Waals surface area contributed by atoms with Crippen LogP contribution in [0.2, 0.25) is 0 Å². The van der Waals surface area contributed by atoms with Gasteiger partial charge in [0.25, 0.3) is 0 Å². The predicted octanol–water partition coefficient (Wildman–Crippen LogP) is 3.76. The lowest BCUT2D eigenvalue weighted by Gasteiger charge is -2.16. The molecule has 1 aromatic carbocycles. The van der Waals surface area contributed by atoms with Gasteiger partial charge in [-0.05, 0) is 43.5 Å². The third kappa shape index (κ3) is 5.46. The molecule has 96 valence electrons. The van der Waals surface area contributed by atoms with Crippen LogP contribution in [0.3, 0.4) is 0 Å². The van der Waals surface area contributed by atoms with E-state index in [0.717, 1.165) is 25.0 Å². The Kier molecular flexibility index (Phi) is 7.13. The molecule has 0 bridgehead atoms. The highest BCUT2D eigenvalue weighted by molar-refractivity contribution is 7.99. The van der Waals surface area contributed by atoms with Crippen LogP contribution in [-0.4, -0.2) is 23.5 Å². The van der Waals surface area contributed by atoms with Gasteiger partial charge in [-0.25, -0.2) is 0 Å². The molecule has 3 heteroatoms. The van der Waals surface area contributed by atoms with Gasteiger partial charge in [0, 0.05) is 29.0 Å². The first kappa shape index (κ1) is 14.4. The Balaban J connectivity index is 2.44. The molecule has 0 atom stereocenters. The summed E-state index contributed by atoms with van der Waals surface area (Å²) in [5.41, 5.74) is 1.20. The quantitative estimate of drug-likeness (QED) is 0.546. The van der Waals surface area contributed by atoms with E-state index >= 15 is 0 Å². The van der Waals surface area contributed by atoms with Crippen LogP contribution in [0.15, 0.2) is 29.2 Å². The number of rotatable bonds is 8. The van der Waals surface area contributed by atoms with Crippen molar-refractivity contribution in [2.75, 3.05) is 17.7 Å². The van der Waals surface area contributed by atoms with Crippen LogP contribution in [0.25, 0.3) is 0 Å². The Labute approximate surface area is 109 Å². The topological polar surface area (TPSA) is 32.3 Å². The molecule has 2 nitrogen and oxygen atoms in total. The third-order valence-electron chi connectivity index (χ3n) is 2.78. The summed E-state index contributed by atoms with van der Waals surface area (Å²) in [5.74, 6) is 0.982. The van der Waals surface area contributed by atoms with E-state index in [1.54, 1.807) is 11.8 Å². The molecule has 0 aromatic heterocycles. The molecular weight excluding hydrogens is 230 g/mol. The van der Waals surface area contributed by atoms with Crippen molar-refractivity contribution in [1.82, 2.24) is 0 Å². The molecule has 0 aliphatic heterocycles. The predicted molar refractivity (Wildman–Crippen MR) is 76.9 cm³/mol. The lowest BCUT2D eigenvalue weighted by Crippen LogP contribution is -2.16. The second kappa shape index (κ2) is 8.43. The summed E-state index contributed by atoms with van der Waals surface area (Å²) >= 11 is 1.80. The van der Waals surface area contributed by atoms with Crippen molar-refractivity contribution in [3.63, 3.8) is 0 Å². The fourth-order valence-electron chi connectivity index (χ4n) is 1.63. The molecule has 2 N–H and O–H groups in total. The van der Waals surface area contributed by atoms with Crippen molar-refractivity contribution in [2.45, 2.75) is 44.0 Å². The molecule has 0 saturated heterocycles. The van der Waals surface area contributed by atoms with E-state index in [2.05, 4.69) is 43.4 Å². The minimum Gasteiger partial charge on any atom is -0.396 e. The maximum Gasteiger partial charge on any atom is 0.0439 e. The monoisotopic (exact) mass is 253 g/mol. The van der Waals surface area contributed by atoms with Crippen LogP contribution in [0, 0.1) is 0 Å². The Morgan fingerprint density at radius 1 is 1.18 bits per heavy atom. The summed E-state index contributed by atoms with van der Waals surface area (Å²) in [4.78, 5) is 1.27. The third-order valence-corrected chi connectivity index (χ3v) is 3.88. The van der Waals surface area contributed by atoms with E-state index in [0.29, 0.717) is 6.04 Å². The molecule has 0 aliphatic carbocycles. The summed E-state index contributed by atoms with van der Waals surface area (Å²) in [6, 6.07) is 9.14. The number of aliphatic hydroxyl groups is 1. The zero-order valence-corrected chi connectivity index (χ0v) is 11.6. The second-order valence-corrected chi connectivity index (χ2v) is 5.28. The van der Waals surface area contributed by atoms with E-state index < -0.39 is 0 Å². The molecule has 1 rings (SSSR count). The first-order chi connectivity index (χ1) is 8.30.